The second-order valence-electron chi connectivity index (χ2n) is 4.14. The van der Waals surface area contributed by atoms with E-state index >= 15 is 0 Å². The largest absolute Gasteiger partial charge is 0.300 e. The Morgan fingerprint density at radius 3 is 2.60 bits per heavy atom. The van der Waals surface area contributed by atoms with Gasteiger partial charge in [-0.1, -0.05) is 30.3 Å². The summed E-state index contributed by atoms with van der Waals surface area (Å²) < 4.78 is 0. The number of aliphatic imine (C=N–C) groups is 1. The van der Waals surface area contributed by atoms with E-state index in [1.165, 1.54) is 0 Å². The molecule has 2 nitrogen and oxygen atoms in total. The summed E-state index contributed by atoms with van der Waals surface area (Å²) in [6.45, 7) is 3.66. The van der Waals surface area contributed by atoms with Crippen LogP contribution in [-0.4, -0.2) is 11.5 Å². The van der Waals surface area contributed by atoms with E-state index in [9.17, 15) is 4.79 Å². The fourth-order valence-electron chi connectivity index (χ4n) is 2.13. The SMILES string of the molecule is CC(=O)[C@H]1CC(C)=N[C@H]1c1ccccc1. The lowest BCUT2D eigenvalue weighted by atomic mass is 9.90. The highest BCUT2D eigenvalue weighted by atomic mass is 16.1. The van der Waals surface area contributed by atoms with E-state index in [1.807, 2.05) is 37.3 Å². The smallest absolute Gasteiger partial charge is 0.135 e. The first kappa shape index (κ1) is 10.1. The maximum atomic E-state index is 11.5. The number of ketones is 1. The Kier molecular flexibility index (Phi) is 2.67. The van der Waals surface area contributed by atoms with E-state index in [1.54, 1.807) is 6.92 Å². The highest BCUT2D eigenvalue weighted by Gasteiger charge is 2.31. The molecule has 0 fully saturated rings. The molecule has 2 rings (SSSR count). The van der Waals surface area contributed by atoms with E-state index in [-0.39, 0.29) is 17.7 Å². The quantitative estimate of drug-likeness (QED) is 0.723. The zero-order valence-corrected chi connectivity index (χ0v) is 9.10. The van der Waals surface area contributed by atoms with Gasteiger partial charge >= 0.3 is 0 Å². The molecule has 0 saturated heterocycles. The number of benzene rings is 1. The molecule has 0 unspecified atom stereocenters. The van der Waals surface area contributed by atoms with Crippen LogP contribution in [0.1, 0.15) is 31.9 Å². The fourth-order valence-corrected chi connectivity index (χ4v) is 2.13. The van der Waals surface area contributed by atoms with Crippen molar-refractivity contribution in [3.63, 3.8) is 0 Å². The highest BCUT2D eigenvalue weighted by Crippen LogP contribution is 2.34. The van der Waals surface area contributed by atoms with E-state index in [0.717, 1.165) is 17.7 Å². The normalized spacial score (nSPS) is 25.1. The minimum absolute atomic E-state index is 0.0451. The Hall–Kier alpha value is -1.44. The standard InChI is InChI=1S/C13H15NO/c1-9-8-12(10(2)15)13(14-9)11-6-4-3-5-7-11/h3-7,12-13H,8H2,1-2H3/t12-,13+/m1/s1. The molecule has 2 heteroatoms. The Labute approximate surface area is 90.0 Å². The van der Waals surface area contributed by atoms with Crippen LogP contribution >= 0.6 is 0 Å². The number of hydrogen-bond acceptors (Lipinski definition) is 2. The van der Waals surface area contributed by atoms with Gasteiger partial charge in [-0.05, 0) is 25.8 Å². The van der Waals surface area contributed by atoms with Gasteiger partial charge in [-0.3, -0.25) is 9.79 Å². The van der Waals surface area contributed by atoms with Crippen molar-refractivity contribution in [2.24, 2.45) is 10.9 Å². The van der Waals surface area contributed by atoms with Crippen molar-refractivity contribution >= 4 is 11.5 Å². The predicted molar refractivity (Wildman–Crippen MR) is 61.1 cm³/mol. The molecule has 0 radical (unpaired) electrons. The van der Waals surface area contributed by atoms with Crippen molar-refractivity contribution in [1.29, 1.82) is 0 Å². The molecule has 0 aliphatic carbocycles. The summed E-state index contributed by atoms with van der Waals surface area (Å²) in [6, 6.07) is 10.1. The van der Waals surface area contributed by atoms with Gasteiger partial charge < -0.3 is 0 Å². The summed E-state index contributed by atoms with van der Waals surface area (Å²) in [4.78, 5) is 16.1. The van der Waals surface area contributed by atoms with Crippen molar-refractivity contribution in [3.8, 4) is 0 Å². The van der Waals surface area contributed by atoms with E-state index in [2.05, 4.69) is 4.99 Å². The van der Waals surface area contributed by atoms with Gasteiger partial charge in [0.15, 0.2) is 0 Å². The number of hydrogen-bond donors (Lipinski definition) is 0. The molecule has 1 aromatic carbocycles. The van der Waals surface area contributed by atoms with Crippen molar-refractivity contribution in [3.05, 3.63) is 35.9 Å². The lowest BCUT2D eigenvalue weighted by molar-refractivity contribution is -0.120. The molecule has 0 saturated carbocycles. The summed E-state index contributed by atoms with van der Waals surface area (Å²) in [5, 5.41) is 0. The second-order valence-corrected chi connectivity index (χ2v) is 4.14. The van der Waals surface area contributed by atoms with Crippen molar-refractivity contribution in [2.75, 3.05) is 0 Å². The zero-order valence-electron chi connectivity index (χ0n) is 9.10. The van der Waals surface area contributed by atoms with Crippen LogP contribution < -0.4 is 0 Å². The van der Waals surface area contributed by atoms with E-state index < -0.39 is 0 Å². The third-order valence-corrected chi connectivity index (χ3v) is 2.92. The first-order chi connectivity index (χ1) is 7.18. The minimum Gasteiger partial charge on any atom is -0.300 e. The van der Waals surface area contributed by atoms with Crippen LogP contribution in [0.5, 0.6) is 0 Å². The van der Waals surface area contributed by atoms with Crippen LogP contribution in [0.3, 0.4) is 0 Å². The fraction of sp³-hybridized carbons (Fsp3) is 0.385. The van der Waals surface area contributed by atoms with Crippen molar-refractivity contribution in [1.82, 2.24) is 0 Å². The first-order valence-electron chi connectivity index (χ1n) is 5.27. The van der Waals surface area contributed by atoms with E-state index in [0.29, 0.717) is 0 Å². The molecular weight excluding hydrogens is 186 g/mol. The summed E-state index contributed by atoms with van der Waals surface area (Å²) >= 11 is 0. The molecule has 0 amide bonds. The molecule has 15 heavy (non-hydrogen) atoms. The molecule has 1 aliphatic heterocycles. The van der Waals surface area contributed by atoms with Gasteiger partial charge in [0.1, 0.15) is 5.78 Å². The molecule has 1 aromatic rings. The van der Waals surface area contributed by atoms with Crippen molar-refractivity contribution in [2.45, 2.75) is 26.3 Å². The molecule has 0 N–H and O–H groups in total. The molecule has 78 valence electrons. The van der Waals surface area contributed by atoms with Crippen LogP contribution in [0, 0.1) is 5.92 Å². The Morgan fingerprint density at radius 1 is 1.33 bits per heavy atom. The minimum atomic E-state index is 0.0451. The topological polar surface area (TPSA) is 29.4 Å². The van der Waals surface area contributed by atoms with Gasteiger partial charge in [0.05, 0.1) is 6.04 Å². The Morgan fingerprint density at radius 2 is 2.00 bits per heavy atom. The first-order valence-corrected chi connectivity index (χ1v) is 5.27. The third-order valence-electron chi connectivity index (χ3n) is 2.92. The van der Waals surface area contributed by atoms with E-state index in [4.69, 9.17) is 0 Å². The molecular formula is C13H15NO. The average Bonchev–Trinajstić information content (AvgIpc) is 2.62. The Balaban J connectivity index is 2.31. The molecule has 1 aliphatic rings. The third kappa shape index (κ3) is 1.99. The summed E-state index contributed by atoms with van der Waals surface area (Å²) in [5.41, 5.74) is 2.23. The van der Waals surface area contributed by atoms with Gasteiger partial charge in [-0.25, -0.2) is 0 Å². The maximum absolute atomic E-state index is 11.5. The maximum Gasteiger partial charge on any atom is 0.135 e. The van der Waals surface area contributed by atoms with Gasteiger partial charge in [-0.2, -0.15) is 0 Å². The molecule has 0 aromatic heterocycles. The van der Waals surface area contributed by atoms with Crippen LogP contribution in [0.15, 0.2) is 35.3 Å². The van der Waals surface area contributed by atoms with Gasteiger partial charge in [0.25, 0.3) is 0 Å². The lowest BCUT2D eigenvalue weighted by Gasteiger charge is -2.15. The lowest BCUT2D eigenvalue weighted by Crippen LogP contribution is -2.15. The molecule has 1 heterocycles. The zero-order chi connectivity index (χ0) is 10.8. The summed E-state index contributed by atoms with van der Waals surface area (Å²) in [7, 11) is 0. The predicted octanol–water partition coefficient (Wildman–Crippen LogP) is 2.80. The van der Waals surface area contributed by atoms with Crippen LogP contribution in [0.4, 0.5) is 0 Å². The number of rotatable bonds is 2. The van der Waals surface area contributed by atoms with Crippen LogP contribution in [-0.2, 0) is 4.79 Å². The second kappa shape index (κ2) is 3.97. The van der Waals surface area contributed by atoms with Gasteiger partial charge in [0.2, 0.25) is 0 Å². The van der Waals surface area contributed by atoms with Crippen molar-refractivity contribution < 1.29 is 4.79 Å². The van der Waals surface area contributed by atoms with Crippen LogP contribution in [0.2, 0.25) is 0 Å². The van der Waals surface area contributed by atoms with Gasteiger partial charge in [-0.15, -0.1) is 0 Å². The van der Waals surface area contributed by atoms with Gasteiger partial charge in [0, 0.05) is 11.6 Å². The number of nitrogens with zero attached hydrogens (tertiary/aromatic N) is 1. The number of Topliss-reactive ketones (excluding diaryl/α,β-unsaturated/α-hetero) is 1. The average molecular weight is 201 g/mol. The molecule has 0 spiro atoms. The summed E-state index contributed by atoms with van der Waals surface area (Å²) in [6.07, 6.45) is 0.814. The van der Waals surface area contributed by atoms with Crippen LogP contribution in [0.25, 0.3) is 0 Å². The highest BCUT2D eigenvalue weighted by molar-refractivity contribution is 5.92. The molecule has 0 bridgehead atoms. The Bertz CT molecular complexity index is 394. The summed E-state index contributed by atoms with van der Waals surface area (Å²) in [5.74, 6) is 0.289. The monoisotopic (exact) mass is 201 g/mol. The molecule has 2 atom stereocenters. The number of carbonyl (C=O) groups is 1. The number of carbonyl (C=O) groups excluding carboxylic acids is 1.